The molecule has 0 amide bonds. The first kappa shape index (κ1) is 12.3. The molecule has 2 rings (SSSR count). The fraction of sp³-hybridized carbons (Fsp3) is 0.250. The Balaban J connectivity index is 2.25. The third-order valence-corrected chi connectivity index (χ3v) is 2.60. The number of Topliss-reactive ketones (excluding diaryl/α,β-unsaturated/α-hetero) is 1. The number of hydrogen-bond acceptors (Lipinski definition) is 5. The second-order valence-corrected chi connectivity index (χ2v) is 3.90. The molecule has 0 aliphatic carbocycles. The number of ketones is 1. The largest absolute Gasteiger partial charge is 0.495 e. The lowest BCUT2D eigenvalue weighted by atomic mass is 10.0. The van der Waals surface area contributed by atoms with E-state index in [-0.39, 0.29) is 5.78 Å². The van der Waals surface area contributed by atoms with Crippen LogP contribution >= 0.6 is 0 Å². The number of nitrogens with zero attached hydrogens (tertiary/aromatic N) is 3. The third kappa shape index (κ3) is 2.38. The molecule has 0 fully saturated rings. The Morgan fingerprint density at radius 1 is 1.44 bits per heavy atom. The zero-order chi connectivity index (χ0) is 13.1. The number of rotatable bonds is 4. The molecular weight excluding hydrogens is 232 g/mol. The summed E-state index contributed by atoms with van der Waals surface area (Å²) in [6.45, 7) is 0. The van der Waals surface area contributed by atoms with Crippen LogP contribution in [0.1, 0.15) is 22.0 Å². The van der Waals surface area contributed by atoms with Crippen molar-refractivity contribution in [3.8, 4) is 5.75 Å². The van der Waals surface area contributed by atoms with E-state index in [0.717, 1.165) is 0 Å². The smallest absolute Gasteiger partial charge is 0.185 e. The summed E-state index contributed by atoms with van der Waals surface area (Å²) in [5.41, 5.74) is 7.00. The van der Waals surface area contributed by atoms with Gasteiger partial charge in [0.05, 0.1) is 25.5 Å². The van der Waals surface area contributed by atoms with Gasteiger partial charge in [-0.05, 0) is 6.07 Å². The molecule has 0 radical (unpaired) electrons. The summed E-state index contributed by atoms with van der Waals surface area (Å²) in [4.78, 5) is 16.1. The van der Waals surface area contributed by atoms with E-state index in [2.05, 4.69) is 10.1 Å². The van der Waals surface area contributed by atoms with Gasteiger partial charge in [-0.2, -0.15) is 5.10 Å². The second kappa shape index (κ2) is 4.97. The minimum Gasteiger partial charge on any atom is -0.495 e. The van der Waals surface area contributed by atoms with Gasteiger partial charge < -0.3 is 10.5 Å². The maximum Gasteiger partial charge on any atom is 0.185 e. The average molecular weight is 246 g/mol. The first-order valence-corrected chi connectivity index (χ1v) is 5.39. The summed E-state index contributed by atoms with van der Waals surface area (Å²) in [5.74, 6) is 0.314. The molecule has 94 valence electrons. The highest BCUT2D eigenvalue weighted by atomic mass is 16.5. The molecule has 18 heavy (non-hydrogen) atoms. The number of methoxy groups -OCH3 is 1. The van der Waals surface area contributed by atoms with Crippen molar-refractivity contribution in [2.24, 2.45) is 12.8 Å². The Labute approximate surface area is 104 Å². The number of ether oxygens (including phenoxy) is 1. The van der Waals surface area contributed by atoms with Crippen molar-refractivity contribution >= 4 is 5.78 Å². The van der Waals surface area contributed by atoms with E-state index in [4.69, 9.17) is 10.5 Å². The number of carbonyl (C=O) groups excluding carboxylic acids is 1. The predicted molar refractivity (Wildman–Crippen MR) is 65.3 cm³/mol. The SMILES string of the molecule is COc1cncc(C(=O)C(N)c2cnn(C)c2)c1. The molecule has 2 aromatic rings. The summed E-state index contributed by atoms with van der Waals surface area (Å²) in [6, 6.07) is 0.874. The van der Waals surface area contributed by atoms with Gasteiger partial charge in [-0.15, -0.1) is 0 Å². The summed E-state index contributed by atoms with van der Waals surface area (Å²) in [6.07, 6.45) is 6.31. The van der Waals surface area contributed by atoms with E-state index in [0.29, 0.717) is 16.9 Å². The van der Waals surface area contributed by atoms with Gasteiger partial charge >= 0.3 is 0 Å². The van der Waals surface area contributed by atoms with Crippen molar-refractivity contribution in [1.82, 2.24) is 14.8 Å². The first-order chi connectivity index (χ1) is 8.61. The van der Waals surface area contributed by atoms with Crippen LogP contribution in [0.3, 0.4) is 0 Å². The minimum atomic E-state index is -0.743. The molecule has 6 nitrogen and oxygen atoms in total. The first-order valence-electron chi connectivity index (χ1n) is 5.39. The molecule has 2 N–H and O–H groups in total. The number of aryl methyl sites for hydroxylation is 1. The number of nitrogens with two attached hydrogens (primary N) is 1. The van der Waals surface area contributed by atoms with Crippen LogP contribution in [-0.2, 0) is 7.05 Å². The van der Waals surface area contributed by atoms with Gasteiger partial charge in [0.1, 0.15) is 5.75 Å². The van der Waals surface area contributed by atoms with Crippen molar-refractivity contribution in [1.29, 1.82) is 0 Å². The molecule has 2 heterocycles. The normalized spacial score (nSPS) is 12.2. The Bertz CT molecular complexity index is 565. The fourth-order valence-electron chi connectivity index (χ4n) is 1.60. The van der Waals surface area contributed by atoms with Crippen molar-refractivity contribution in [3.05, 3.63) is 42.0 Å². The Morgan fingerprint density at radius 2 is 2.22 bits per heavy atom. The second-order valence-electron chi connectivity index (χ2n) is 3.90. The van der Waals surface area contributed by atoms with Gasteiger partial charge in [-0.25, -0.2) is 0 Å². The molecule has 0 aromatic carbocycles. The summed E-state index contributed by atoms with van der Waals surface area (Å²) >= 11 is 0. The van der Waals surface area contributed by atoms with Gasteiger partial charge in [0.25, 0.3) is 0 Å². The van der Waals surface area contributed by atoms with Crippen molar-refractivity contribution in [3.63, 3.8) is 0 Å². The van der Waals surface area contributed by atoms with Gasteiger partial charge in [0.2, 0.25) is 0 Å². The van der Waals surface area contributed by atoms with E-state index in [1.54, 1.807) is 30.2 Å². The molecule has 6 heteroatoms. The highest BCUT2D eigenvalue weighted by molar-refractivity contribution is 6.00. The van der Waals surface area contributed by atoms with Crippen LogP contribution in [0.4, 0.5) is 0 Å². The lowest BCUT2D eigenvalue weighted by molar-refractivity contribution is 0.0960. The fourth-order valence-corrected chi connectivity index (χ4v) is 1.60. The van der Waals surface area contributed by atoms with E-state index in [9.17, 15) is 4.79 Å². The quantitative estimate of drug-likeness (QED) is 0.803. The Kier molecular flexibility index (Phi) is 3.38. The molecule has 0 aliphatic rings. The molecule has 0 bridgehead atoms. The number of hydrogen-bond donors (Lipinski definition) is 1. The van der Waals surface area contributed by atoms with Crippen LogP contribution in [-0.4, -0.2) is 27.7 Å². The molecule has 0 aliphatic heterocycles. The molecule has 1 unspecified atom stereocenters. The Morgan fingerprint density at radius 3 is 2.83 bits per heavy atom. The molecular formula is C12H14N4O2. The standard InChI is InChI=1S/C12H14N4O2/c1-16-7-9(5-15-16)11(13)12(17)8-3-10(18-2)6-14-4-8/h3-7,11H,13H2,1-2H3. The van der Waals surface area contributed by atoms with Crippen LogP contribution in [0, 0.1) is 0 Å². The topological polar surface area (TPSA) is 83.0 Å². The summed E-state index contributed by atoms with van der Waals surface area (Å²) in [7, 11) is 3.29. The lowest BCUT2D eigenvalue weighted by Gasteiger charge is -2.08. The summed E-state index contributed by atoms with van der Waals surface area (Å²) in [5, 5.41) is 3.99. The zero-order valence-corrected chi connectivity index (χ0v) is 10.2. The van der Waals surface area contributed by atoms with Gasteiger partial charge in [-0.3, -0.25) is 14.5 Å². The maximum atomic E-state index is 12.2. The van der Waals surface area contributed by atoms with Crippen molar-refractivity contribution in [2.45, 2.75) is 6.04 Å². The minimum absolute atomic E-state index is 0.214. The van der Waals surface area contributed by atoms with Crippen LogP contribution < -0.4 is 10.5 Å². The van der Waals surface area contributed by atoms with E-state index >= 15 is 0 Å². The highest BCUT2D eigenvalue weighted by Gasteiger charge is 2.19. The number of pyridine rings is 1. The van der Waals surface area contributed by atoms with Crippen molar-refractivity contribution < 1.29 is 9.53 Å². The van der Waals surface area contributed by atoms with Gasteiger partial charge in [0.15, 0.2) is 5.78 Å². The van der Waals surface area contributed by atoms with E-state index in [1.807, 2.05) is 0 Å². The Hall–Kier alpha value is -2.21. The monoisotopic (exact) mass is 246 g/mol. The van der Waals surface area contributed by atoms with Crippen LogP contribution in [0.25, 0.3) is 0 Å². The third-order valence-electron chi connectivity index (χ3n) is 2.60. The molecule has 0 spiro atoms. The van der Waals surface area contributed by atoms with Crippen molar-refractivity contribution in [2.75, 3.05) is 7.11 Å². The molecule has 1 atom stereocenters. The van der Waals surface area contributed by atoms with Crippen LogP contribution in [0.15, 0.2) is 30.9 Å². The predicted octanol–water partition coefficient (Wildman–Crippen LogP) is 0.706. The van der Waals surface area contributed by atoms with Gasteiger partial charge in [-0.1, -0.05) is 0 Å². The number of aromatic nitrogens is 3. The highest BCUT2D eigenvalue weighted by Crippen LogP contribution is 2.18. The lowest BCUT2D eigenvalue weighted by Crippen LogP contribution is -2.21. The van der Waals surface area contributed by atoms with E-state index < -0.39 is 6.04 Å². The average Bonchev–Trinajstić information content (AvgIpc) is 2.83. The number of carbonyl (C=O) groups is 1. The summed E-state index contributed by atoms with van der Waals surface area (Å²) < 4.78 is 6.63. The molecule has 0 saturated carbocycles. The molecule has 2 aromatic heterocycles. The zero-order valence-electron chi connectivity index (χ0n) is 10.2. The molecule has 0 saturated heterocycles. The maximum absolute atomic E-state index is 12.2. The van der Waals surface area contributed by atoms with E-state index in [1.165, 1.54) is 19.5 Å². The van der Waals surface area contributed by atoms with Crippen LogP contribution in [0.2, 0.25) is 0 Å². The van der Waals surface area contributed by atoms with Crippen LogP contribution in [0.5, 0.6) is 5.75 Å². The van der Waals surface area contributed by atoms with Gasteiger partial charge in [0, 0.05) is 30.6 Å².